The van der Waals surface area contributed by atoms with Crippen molar-refractivity contribution in [3.63, 3.8) is 0 Å². The first-order valence-electron chi connectivity index (χ1n) is 5.68. The highest BCUT2D eigenvalue weighted by molar-refractivity contribution is 9.10. The second kappa shape index (κ2) is 6.72. The second-order valence-electron chi connectivity index (χ2n) is 3.94. The summed E-state index contributed by atoms with van der Waals surface area (Å²) < 4.78 is 18.6. The van der Waals surface area contributed by atoms with Crippen LogP contribution in [-0.4, -0.2) is 6.09 Å². The maximum absolute atomic E-state index is 13.4. The summed E-state index contributed by atoms with van der Waals surface area (Å²) in [4.78, 5) is 11.6. The van der Waals surface area contributed by atoms with Crippen molar-refractivity contribution < 1.29 is 13.9 Å². The highest BCUT2D eigenvalue weighted by Gasteiger charge is 2.10. The smallest absolute Gasteiger partial charge is 0.411 e. The van der Waals surface area contributed by atoms with Gasteiger partial charge in [0, 0.05) is 5.69 Å². The van der Waals surface area contributed by atoms with Crippen LogP contribution >= 0.6 is 27.5 Å². The second-order valence-corrected chi connectivity index (χ2v) is 5.14. The molecular formula is C14H10BrClFNO2. The first kappa shape index (κ1) is 14.8. The number of carbonyl (C=O) groups excluding carboxylic acids is 1. The van der Waals surface area contributed by atoms with E-state index in [1.54, 1.807) is 0 Å². The minimum Gasteiger partial charge on any atom is -0.444 e. The van der Waals surface area contributed by atoms with Crippen LogP contribution in [0, 0.1) is 5.82 Å². The minimum absolute atomic E-state index is 0.138. The molecule has 0 radical (unpaired) electrons. The van der Waals surface area contributed by atoms with Crippen molar-refractivity contribution in [3.05, 3.63) is 63.3 Å². The van der Waals surface area contributed by atoms with Crippen molar-refractivity contribution in [1.29, 1.82) is 0 Å². The van der Waals surface area contributed by atoms with Crippen LogP contribution in [-0.2, 0) is 11.3 Å². The molecule has 0 atom stereocenters. The highest BCUT2D eigenvalue weighted by atomic mass is 79.9. The summed E-state index contributed by atoms with van der Waals surface area (Å²) in [6.07, 6.45) is -0.674. The van der Waals surface area contributed by atoms with Crippen LogP contribution in [0.2, 0.25) is 5.02 Å². The Morgan fingerprint density at radius 2 is 2.00 bits per heavy atom. The molecule has 0 spiro atoms. The van der Waals surface area contributed by atoms with Crippen LogP contribution < -0.4 is 5.32 Å². The predicted octanol–water partition coefficient (Wildman–Crippen LogP) is 4.99. The highest BCUT2D eigenvalue weighted by Crippen LogP contribution is 2.29. The molecule has 0 aliphatic carbocycles. The predicted molar refractivity (Wildman–Crippen MR) is 79.4 cm³/mol. The zero-order valence-corrected chi connectivity index (χ0v) is 12.5. The van der Waals surface area contributed by atoms with Gasteiger partial charge < -0.3 is 4.74 Å². The quantitative estimate of drug-likeness (QED) is 0.785. The van der Waals surface area contributed by atoms with E-state index in [-0.39, 0.29) is 21.8 Å². The summed E-state index contributed by atoms with van der Waals surface area (Å²) in [5, 5.41) is 2.58. The van der Waals surface area contributed by atoms with Crippen molar-refractivity contribution in [2.45, 2.75) is 6.61 Å². The zero-order valence-electron chi connectivity index (χ0n) is 10.2. The van der Waals surface area contributed by atoms with Crippen molar-refractivity contribution in [2.75, 3.05) is 5.32 Å². The molecule has 104 valence electrons. The van der Waals surface area contributed by atoms with Gasteiger partial charge in [-0.2, -0.15) is 0 Å². The van der Waals surface area contributed by atoms with Crippen LogP contribution in [0.15, 0.2) is 46.9 Å². The minimum atomic E-state index is -0.674. The molecule has 0 aromatic heterocycles. The summed E-state index contributed by atoms with van der Waals surface area (Å²) in [7, 11) is 0. The Balaban J connectivity index is 1.95. The van der Waals surface area contributed by atoms with E-state index in [2.05, 4.69) is 21.2 Å². The normalized spacial score (nSPS) is 10.2. The van der Waals surface area contributed by atoms with E-state index in [1.165, 1.54) is 6.07 Å². The average Bonchev–Trinajstić information content (AvgIpc) is 2.43. The summed E-state index contributed by atoms with van der Waals surface area (Å²) in [5.74, 6) is -0.559. The lowest BCUT2D eigenvalue weighted by Gasteiger charge is -2.08. The lowest BCUT2D eigenvalue weighted by molar-refractivity contribution is 0.155. The first-order chi connectivity index (χ1) is 9.56. The zero-order chi connectivity index (χ0) is 14.5. The van der Waals surface area contributed by atoms with Crippen LogP contribution in [0.1, 0.15) is 5.56 Å². The van der Waals surface area contributed by atoms with Gasteiger partial charge in [0.05, 0.1) is 9.50 Å². The Bertz CT molecular complexity index is 599. The van der Waals surface area contributed by atoms with Crippen LogP contribution in [0.25, 0.3) is 0 Å². The number of hydrogen-bond donors (Lipinski definition) is 1. The van der Waals surface area contributed by atoms with Gasteiger partial charge in [0.1, 0.15) is 12.4 Å². The van der Waals surface area contributed by atoms with Gasteiger partial charge in [0.25, 0.3) is 0 Å². The Morgan fingerprint density at radius 1 is 1.30 bits per heavy atom. The molecule has 6 heteroatoms. The SMILES string of the molecule is O=C(Nc1cc(F)c(Br)c(Cl)c1)OCc1ccccc1. The van der Waals surface area contributed by atoms with E-state index in [0.717, 1.165) is 11.6 Å². The molecule has 0 aliphatic rings. The van der Waals surface area contributed by atoms with E-state index in [1.807, 2.05) is 30.3 Å². The summed E-state index contributed by atoms with van der Waals surface area (Å²) in [6, 6.07) is 11.8. The van der Waals surface area contributed by atoms with E-state index in [9.17, 15) is 9.18 Å². The van der Waals surface area contributed by atoms with Gasteiger partial charge in [-0.15, -0.1) is 0 Å². The Hall–Kier alpha value is -1.59. The molecule has 3 nitrogen and oxygen atoms in total. The maximum atomic E-state index is 13.4. The maximum Gasteiger partial charge on any atom is 0.411 e. The fourth-order valence-electron chi connectivity index (χ4n) is 1.50. The number of carbonyl (C=O) groups is 1. The molecule has 0 heterocycles. The van der Waals surface area contributed by atoms with Crippen molar-refractivity contribution in [3.8, 4) is 0 Å². The standard InChI is InChI=1S/C14H10BrClFNO2/c15-13-11(16)6-10(7-12(13)17)18-14(19)20-8-9-4-2-1-3-5-9/h1-7H,8H2,(H,18,19). The molecule has 2 aromatic carbocycles. The van der Waals surface area contributed by atoms with E-state index in [0.29, 0.717) is 0 Å². The molecule has 1 N–H and O–H groups in total. The number of nitrogens with one attached hydrogen (secondary N) is 1. The van der Waals surface area contributed by atoms with Crippen molar-refractivity contribution in [1.82, 2.24) is 0 Å². The van der Waals surface area contributed by atoms with Gasteiger partial charge in [-0.05, 0) is 33.6 Å². The first-order valence-corrected chi connectivity index (χ1v) is 6.85. The fraction of sp³-hybridized carbons (Fsp3) is 0.0714. The molecule has 2 rings (SSSR count). The van der Waals surface area contributed by atoms with Crippen LogP contribution in [0.3, 0.4) is 0 Å². The van der Waals surface area contributed by atoms with Gasteiger partial charge >= 0.3 is 6.09 Å². The van der Waals surface area contributed by atoms with Gasteiger partial charge in [0.15, 0.2) is 0 Å². The third-order valence-corrected chi connectivity index (χ3v) is 3.78. The topological polar surface area (TPSA) is 38.3 Å². The molecule has 0 fully saturated rings. The van der Waals surface area contributed by atoms with Crippen molar-refractivity contribution >= 4 is 39.3 Å². The third kappa shape index (κ3) is 3.95. The molecule has 1 amide bonds. The molecular weight excluding hydrogens is 349 g/mol. The molecule has 0 saturated carbocycles. The van der Waals surface area contributed by atoms with Crippen LogP contribution in [0.4, 0.5) is 14.9 Å². The van der Waals surface area contributed by atoms with E-state index >= 15 is 0 Å². The molecule has 0 bridgehead atoms. The van der Waals surface area contributed by atoms with Gasteiger partial charge in [-0.25, -0.2) is 9.18 Å². The number of amides is 1. The number of halogens is 3. The Kier molecular flexibility index (Phi) is 4.98. The largest absolute Gasteiger partial charge is 0.444 e. The number of rotatable bonds is 3. The van der Waals surface area contributed by atoms with E-state index < -0.39 is 11.9 Å². The Morgan fingerprint density at radius 3 is 2.65 bits per heavy atom. The molecule has 0 aliphatic heterocycles. The molecule has 0 unspecified atom stereocenters. The lowest BCUT2D eigenvalue weighted by Crippen LogP contribution is -2.13. The summed E-state index contributed by atoms with van der Waals surface area (Å²) >= 11 is 8.79. The Labute approximate surface area is 128 Å². The van der Waals surface area contributed by atoms with E-state index in [4.69, 9.17) is 16.3 Å². The third-order valence-electron chi connectivity index (χ3n) is 2.44. The summed E-state index contributed by atoms with van der Waals surface area (Å²) in [5.41, 5.74) is 1.09. The average molecular weight is 359 g/mol. The molecule has 20 heavy (non-hydrogen) atoms. The number of ether oxygens (including phenoxy) is 1. The molecule has 2 aromatic rings. The number of hydrogen-bond acceptors (Lipinski definition) is 2. The summed E-state index contributed by atoms with van der Waals surface area (Å²) in [6.45, 7) is 0.138. The monoisotopic (exact) mass is 357 g/mol. The van der Waals surface area contributed by atoms with Gasteiger partial charge in [0.2, 0.25) is 0 Å². The number of benzene rings is 2. The number of anilines is 1. The fourth-order valence-corrected chi connectivity index (χ4v) is 1.94. The van der Waals surface area contributed by atoms with Gasteiger partial charge in [-0.1, -0.05) is 41.9 Å². The molecule has 0 saturated heterocycles. The van der Waals surface area contributed by atoms with Crippen LogP contribution in [0.5, 0.6) is 0 Å². The van der Waals surface area contributed by atoms with Gasteiger partial charge in [-0.3, -0.25) is 5.32 Å². The lowest BCUT2D eigenvalue weighted by atomic mass is 10.2. The van der Waals surface area contributed by atoms with Crippen molar-refractivity contribution in [2.24, 2.45) is 0 Å².